The fourth-order valence-electron chi connectivity index (χ4n) is 2.87. The van der Waals surface area contributed by atoms with Gasteiger partial charge in [0.05, 0.1) is 13.2 Å². The van der Waals surface area contributed by atoms with Crippen LogP contribution in [0.4, 0.5) is 0 Å². The molecule has 8 heteroatoms. The van der Waals surface area contributed by atoms with E-state index in [1.54, 1.807) is 31.4 Å². The van der Waals surface area contributed by atoms with Crippen molar-refractivity contribution in [3.05, 3.63) is 35.9 Å². The zero-order chi connectivity index (χ0) is 19.7. The Balaban J connectivity index is 2.18. The van der Waals surface area contributed by atoms with Crippen molar-refractivity contribution < 1.29 is 22.7 Å². The highest BCUT2D eigenvalue weighted by Crippen LogP contribution is 2.34. The average Bonchev–Trinajstić information content (AvgIpc) is 2.85. The Morgan fingerprint density at radius 2 is 1.85 bits per heavy atom. The highest BCUT2D eigenvalue weighted by molar-refractivity contribution is 7.91. The largest absolute Gasteiger partial charge is 0.382 e. The van der Waals surface area contributed by atoms with E-state index >= 15 is 0 Å². The lowest BCUT2D eigenvalue weighted by Gasteiger charge is -2.15. The van der Waals surface area contributed by atoms with E-state index in [9.17, 15) is 13.2 Å². The van der Waals surface area contributed by atoms with E-state index < -0.39 is 21.2 Å². The van der Waals surface area contributed by atoms with Gasteiger partial charge in [0.1, 0.15) is 5.71 Å². The molecule has 0 spiro atoms. The number of rotatable bonds is 11. The Morgan fingerprint density at radius 3 is 2.52 bits per heavy atom. The van der Waals surface area contributed by atoms with Gasteiger partial charge in [-0.25, -0.2) is 12.7 Å². The van der Waals surface area contributed by atoms with Crippen LogP contribution < -0.4 is 0 Å². The van der Waals surface area contributed by atoms with Gasteiger partial charge in [-0.2, -0.15) is 0 Å². The van der Waals surface area contributed by atoms with Gasteiger partial charge >= 0.3 is 0 Å². The zero-order valence-electron chi connectivity index (χ0n) is 16.0. The number of nitrogens with zero attached hydrogens (tertiary/aromatic N) is 2. The van der Waals surface area contributed by atoms with Gasteiger partial charge in [0.2, 0.25) is 0 Å². The van der Waals surface area contributed by atoms with Crippen LogP contribution in [0.25, 0.3) is 0 Å². The summed E-state index contributed by atoms with van der Waals surface area (Å²) in [5.74, 6) is -0.502. The first-order valence-corrected chi connectivity index (χ1v) is 10.8. The number of unbranched alkanes of at least 4 members (excludes halogenated alkanes) is 1. The minimum absolute atomic E-state index is 0.106. The number of hydrogen-bond donors (Lipinski definition) is 0. The van der Waals surface area contributed by atoms with Crippen molar-refractivity contribution in [2.45, 2.75) is 31.4 Å². The summed E-state index contributed by atoms with van der Waals surface area (Å²) in [6, 6.07) is 8.80. The maximum atomic E-state index is 13.0. The van der Waals surface area contributed by atoms with Gasteiger partial charge in [-0.15, -0.1) is 0 Å². The second kappa shape index (κ2) is 10.5. The third-order valence-electron chi connectivity index (χ3n) is 4.28. The standard InChI is InChI=1S/C19H28N2O5S/c1-3-4-12-21-19(22)17(20-11-8-13-26-15-14-25-2)18(27(21,23)24)16-9-6-5-7-10-16/h5-7,9-10,18H,3-4,8,11-15H2,1-2H3. The number of amides is 1. The Morgan fingerprint density at radius 1 is 1.11 bits per heavy atom. The van der Waals surface area contributed by atoms with E-state index in [2.05, 4.69) is 4.99 Å². The summed E-state index contributed by atoms with van der Waals surface area (Å²) in [5, 5.41) is -1.03. The van der Waals surface area contributed by atoms with E-state index in [-0.39, 0.29) is 12.3 Å². The Bertz CT molecular complexity index is 734. The van der Waals surface area contributed by atoms with Crippen LogP contribution >= 0.6 is 0 Å². The second-order valence-electron chi connectivity index (χ2n) is 6.29. The molecule has 0 aliphatic carbocycles. The summed E-state index contributed by atoms with van der Waals surface area (Å²) >= 11 is 0. The van der Waals surface area contributed by atoms with Crippen LogP contribution in [0.1, 0.15) is 37.0 Å². The molecule has 2 rings (SSSR count). The summed E-state index contributed by atoms with van der Waals surface area (Å²) in [7, 11) is -2.19. The normalized spacial score (nSPS) is 20.5. The molecule has 0 radical (unpaired) electrons. The highest BCUT2D eigenvalue weighted by Gasteiger charge is 2.50. The van der Waals surface area contributed by atoms with Crippen LogP contribution in [0.3, 0.4) is 0 Å². The molecule has 1 saturated heterocycles. The number of aliphatic imine (C=N–C) groups is 1. The van der Waals surface area contributed by atoms with Crippen LogP contribution in [0.5, 0.6) is 0 Å². The van der Waals surface area contributed by atoms with Crippen molar-refractivity contribution in [2.75, 3.05) is 40.0 Å². The highest BCUT2D eigenvalue weighted by atomic mass is 32.2. The van der Waals surface area contributed by atoms with E-state index in [4.69, 9.17) is 9.47 Å². The molecule has 7 nitrogen and oxygen atoms in total. The predicted octanol–water partition coefficient (Wildman–Crippen LogP) is 2.19. The third kappa shape index (κ3) is 5.37. The lowest BCUT2D eigenvalue weighted by Crippen LogP contribution is -2.32. The molecule has 1 aromatic carbocycles. The Labute approximate surface area is 161 Å². The summed E-state index contributed by atoms with van der Waals surface area (Å²) in [6.07, 6.45) is 2.05. The molecule has 1 heterocycles. The van der Waals surface area contributed by atoms with E-state index in [0.717, 1.165) is 10.7 Å². The summed E-state index contributed by atoms with van der Waals surface area (Å²) < 4.78 is 37.3. The summed E-state index contributed by atoms with van der Waals surface area (Å²) in [6.45, 7) is 4.00. The molecule has 1 fully saturated rings. The fraction of sp³-hybridized carbons (Fsp3) is 0.579. The molecule has 1 amide bonds. The zero-order valence-corrected chi connectivity index (χ0v) is 16.8. The molecule has 27 heavy (non-hydrogen) atoms. The third-order valence-corrected chi connectivity index (χ3v) is 6.33. The number of ether oxygens (including phenoxy) is 2. The fourth-order valence-corrected chi connectivity index (χ4v) is 4.79. The average molecular weight is 397 g/mol. The number of carbonyl (C=O) groups excluding carboxylic acids is 1. The molecule has 1 aliphatic heterocycles. The Kier molecular flexibility index (Phi) is 8.40. The first-order chi connectivity index (χ1) is 13.0. The second-order valence-corrected chi connectivity index (χ2v) is 8.23. The van der Waals surface area contributed by atoms with E-state index in [1.807, 2.05) is 13.0 Å². The van der Waals surface area contributed by atoms with Crippen molar-refractivity contribution in [1.29, 1.82) is 0 Å². The predicted molar refractivity (Wildman–Crippen MR) is 104 cm³/mol. The number of methoxy groups -OCH3 is 1. The minimum Gasteiger partial charge on any atom is -0.382 e. The molecule has 0 bridgehead atoms. The molecule has 1 unspecified atom stereocenters. The van der Waals surface area contributed by atoms with Gasteiger partial charge in [-0.3, -0.25) is 9.79 Å². The minimum atomic E-state index is -3.80. The molecule has 0 aromatic heterocycles. The number of hydrogen-bond acceptors (Lipinski definition) is 6. The quantitative estimate of drug-likeness (QED) is 0.535. The van der Waals surface area contributed by atoms with Gasteiger partial charge in [0.15, 0.2) is 5.25 Å². The molecular weight excluding hydrogens is 368 g/mol. The van der Waals surface area contributed by atoms with Crippen LogP contribution in [0.15, 0.2) is 35.3 Å². The van der Waals surface area contributed by atoms with Gasteiger partial charge in [-0.05, 0) is 18.4 Å². The Hall–Kier alpha value is -1.77. The number of benzene rings is 1. The molecule has 1 aliphatic rings. The van der Waals surface area contributed by atoms with Crippen molar-refractivity contribution in [3.63, 3.8) is 0 Å². The van der Waals surface area contributed by atoms with Gasteiger partial charge in [0, 0.05) is 26.8 Å². The van der Waals surface area contributed by atoms with Crippen LogP contribution in [-0.2, 0) is 24.3 Å². The van der Waals surface area contributed by atoms with Crippen molar-refractivity contribution in [1.82, 2.24) is 4.31 Å². The number of sulfonamides is 1. The van der Waals surface area contributed by atoms with Gasteiger partial charge < -0.3 is 9.47 Å². The van der Waals surface area contributed by atoms with Gasteiger partial charge in [-0.1, -0.05) is 43.7 Å². The van der Waals surface area contributed by atoms with E-state index in [0.29, 0.717) is 44.8 Å². The number of carbonyl (C=O) groups is 1. The molecule has 150 valence electrons. The van der Waals surface area contributed by atoms with Crippen LogP contribution in [-0.4, -0.2) is 64.4 Å². The molecular formula is C19H28N2O5S. The lowest BCUT2D eigenvalue weighted by atomic mass is 10.1. The maximum absolute atomic E-state index is 13.0. The first kappa shape index (κ1) is 21.5. The van der Waals surface area contributed by atoms with Crippen molar-refractivity contribution in [2.24, 2.45) is 4.99 Å². The summed E-state index contributed by atoms with van der Waals surface area (Å²) in [5.41, 5.74) is 0.675. The topological polar surface area (TPSA) is 85.3 Å². The monoisotopic (exact) mass is 396 g/mol. The lowest BCUT2D eigenvalue weighted by molar-refractivity contribution is -0.119. The van der Waals surface area contributed by atoms with Crippen molar-refractivity contribution >= 4 is 21.6 Å². The molecule has 0 saturated carbocycles. The van der Waals surface area contributed by atoms with Gasteiger partial charge in [0.25, 0.3) is 15.9 Å². The first-order valence-electron chi connectivity index (χ1n) is 9.25. The van der Waals surface area contributed by atoms with Crippen LogP contribution in [0.2, 0.25) is 0 Å². The smallest absolute Gasteiger partial charge is 0.283 e. The maximum Gasteiger partial charge on any atom is 0.283 e. The SMILES string of the molecule is CCCCN1C(=O)C(=NCCCOCCOC)C(c2ccccc2)S1(=O)=O. The summed E-state index contributed by atoms with van der Waals surface area (Å²) in [4.78, 5) is 17.2. The molecule has 0 N–H and O–H groups in total. The molecule has 1 atom stereocenters. The van der Waals surface area contributed by atoms with Crippen molar-refractivity contribution in [3.8, 4) is 0 Å². The molecule has 1 aromatic rings. The van der Waals surface area contributed by atoms with E-state index in [1.165, 1.54) is 0 Å². The van der Waals surface area contributed by atoms with Crippen LogP contribution in [0, 0.1) is 0 Å².